The lowest BCUT2D eigenvalue weighted by molar-refractivity contribution is 0.0471. The summed E-state index contributed by atoms with van der Waals surface area (Å²) in [6.45, 7) is -2.57. The summed E-state index contributed by atoms with van der Waals surface area (Å²) in [5.74, 6) is -2.42. The zero-order valence-corrected chi connectivity index (χ0v) is 13.0. The van der Waals surface area contributed by atoms with Crippen LogP contribution in [0.1, 0.15) is 18.7 Å². The smallest absolute Gasteiger partial charge is 0.338 e. The highest BCUT2D eigenvalue weighted by molar-refractivity contribution is 9.10. The zero-order chi connectivity index (χ0) is 16.5. The molecule has 0 bridgehead atoms. The highest BCUT2D eigenvalue weighted by Gasteiger charge is 2.10. The highest BCUT2D eigenvalue weighted by Crippen LogP contribution is 2.18. The quantitative estimate of drug-likeness (QED) is 0.680. The highest BCUT2D eigenvalue weighted by atomic mass is 79.9. The van der Waals surface area contributed by atoms with Gasteiger partial charge in [0.2, 0.25) is 0 Å². The van der Waals surface area contributed by atoms with E-state index in [4.69, 9.17) is 7.48 Å². The Bertz CT molecular complexity index is 698. The first kappa shape index (κ1) is 12.5. The van der Waals surface area contributed by atoms with Crippen LogP contribution >= 0.6 is 31.9 Å². The summed E-state index contributed by atoms with van der Waals surface area (Å²) < 4.78 is 47.5. The molecular weight excluding hydrogens is 398 g/mol. The predicted octanol–water partition coefficient (Wildman–Crippen LogP) is 4.85. The number of ether oxygens (including phenoxy) is 1. The lowest BCUT2D eigenvalue weighted by Gasteiger charge is -2.06. The summed E-state index contributed by atoms with van der Waals surface area (Å²) in [5.41, 5.74) is -0.339. The van der Waals surface area contributed by atoms with Crippen LogP contribution < -0.4 is 0 Å². The van der Waals surface area contributed by atoms with E-state index in [1.54, 1.807) is 0 Å². The van der Waals surface area contributed by atoms with Crippen molar-refractivity contribution >= 4 is 37.8 Å². The van der Waals surface area contributed by atoms with Crippen LogP contribution in [0.4, 0.5) is 8.78 Å². The zero-order valence-electron chi connectivity index (χ0n) is 11.8. The van der Waals surface area contributed by atoms with Gasteiger partial charge in [-0.05, 0) is 42.0 Å². The Morgan fingerprint density at radius 1 is 1.05 bits per heavy atom. The van der Waals surface area contributed by atoms with Gasteiger partial charge in [-0.2, -0.15) is 0 Å². The lowest BCUT2D eigenvalue weighted by Crippen LogP contribution is -2.06. The third-order valence-electron chi connectivity index (χ3n) is 2.22. The molecular formula is C14H8Br2F2O2. The minimum Gasteiger partial charge on any atom is -0.457 e. The molecule has 2 aromatic rings. The number of esters is 1. The molecule has 0 unspecified atom stereocenters. The molecule has 0 fully saturated rings. The van der Waals surface area contributed by atoms with Gasteiger partial charge in [-0.3, -0.25) is 0 Å². The Balaban J connectivity index is 2.29. The van der Waals surface area contributed by atoms with Crippen molar-refractivity contribution in [3.63, 3.8) is 0 Å². The number of benzene rings is 2. The second-order valence-corrected chi connectivity index (χ2v) is 5.64. The van der Waals surface area contributed by atoms with Crippen molar-refractivity contribution in [2.45, 2.75) is 6.56 Å². The Kier molecular flexibility index (Phi) is 4.02. The molecule has 0 aromatic heterocycles. The SMILES string of the molecule is [2H]C([2H])(OC(=O)c1cc(F)cc(Br)c1)c1cc(F)cc(Br)c1. The first-order valence-electron chi connectivity index (χ1n) is 6.33. The average Bonchev–Trinajstić information content (AvgIpc) is 2.35. The Hall–Kier alpha value is -1.27. The van der Waals surface area contributed by atoms with Crippen LogP contribution in [0, 0.1) is 11.6 Å². The van der Waals surface area contributed by atoms with Crippen LogP contribution in [0.3, 0.4) is 0 Å². The van der Waals surface area contributed by atoms with Gasteiger partial charge in [0.15, 0.2) is 0 Å². The summed E-state index contributed by atoms with van der Waals surface area (Å²) >= 11 is 6.06. The fraction of sp³-hybridized carbons (Fsp3) is 0.0714. The van der Waals surface area contributed by atoms with E-state index in [2.05, 4.69) is 31.9 Å². The molecule has 0 aliphatic rings. The first-order valence-corrected chi connectivity index (χ1v) is 6.92. The fourth-order valence-electron chi connectivity index (χ4n) is 1.45. The van der Waals surface area contributed by atoms with Gasteiger partial charge in [-0.15, -0.1) is 0 Å². The van der Waals surface area contributed by atoms with Crippen molar-refractivity contribution < 1.29 is 21.1 Å². The molecule has 2 aromatic carbocycles. The van der Waals surface area contributed by atoms with Gasteiger partial charge in [-0.25, -0.2) is 13.6 Å². The van der Waals surface area contributed by atoms with Crippen LogP contribution in [-0.2, 0) is 11.3 Å². The molecule has 0 spiro atoms. The van der Waals surface area contributed by atoms with E-state index in [0.717, 1.165) is 24.3 Å². The fourth-order valence-corrected chi connectivity index (χ4v) is 2.38. The molecule has 0 saturated carbocycles. The summed E-state index contributed by atoms with van der Waals surface area (Å²) in [6, 6.07) is 6.71. The van der Waals surface area contributed by atoms with Crippen molar-refractivity contribution in [3.8, 4) is 0 Å². The second-order valence-electron chi connectivity index (χ2n) is 3.81. The monoisotopic (exact) mass is 406 g/mol. The maximum absolute atomic E-state index is 13.3. The van der Waals surface area contributed by atoms with Crippen molar-refractivity contribution in [1.82, 2.24) is 0 Å². The first-order chi connectivity index (χ1) is 10.2. The summed E-state index contributed by atoms with van der Waals surface area (Å²) in [4.78, 5) is 12.0. The molecule has 0 N–H and O–H groups in total. The molecule has 2 rings (SSSR count). The Labute approximate surface area is 133 Å². The number of halogens is 4. The molecule has 0 amide bonds. The molecule has 104 valence electrons. The maximum atomic E-state index is 13.3. The summed E-state index contributed by atoms with van der Waals surface area (Å²) in [7, 11) is 0. The van der Waals surface area contributed by atoms with Crippen LogP contribution in [-0.4, -0.2) is 5.97 Å². The van der Waals surface area contributed by atoms with Crippen molar-refractivity contribution in [2.24, 2.45) is 0 Å². The minimum atomic E-state index is -2.57. The molecule has 0 aliphatic heterocycles. The van der Waals surface area contributed by atoms with Gasteiger partial charge >= 0.3 is 5.97 Å². The molecule has 0 heterocycles. The number of carbonyl (C=O) groups excluding carboxylic acids is 1. The largest absolute Gasteiger partial charge is 0.457 e. The standard InChI is InChI=1S/C14H8Br2F2O2/c15-10-1-8(2-12(17)5-10)7-20-14(19)9-3-11(16)6-13(18)4-9/h1-6H,7H2/i7D2. The van der Waals surface area contributed by atoms with E-state index in [-0.39, 0.29) is 11.1 Å². The van der Waals surface area contributed by atoms with Gasteiger partial charge in [0.1, 0.15) is 18.2 Å². The molecule has 2 nitrogen and oxygen atoms in total. The molecule has 0 aliphatic carbocycles. The number of hydrogen-bond acceptors (Lipinski definition) is 2. The van der Waals surface area contributed by atoms with Gasteiger partial charge < -0.3 is 4.74 Å². The normalized spacial score (nSPS) is 12.6. The Morgan fingerprint density at radius 3 is 2.25 bits per heavy atom. The molecule has 0 radical (unpaired) electrons. The Morgan fingerprint density at radius 2 is 1.65 bits per heavy atom. The van der Waals surface area contributed by atoms with Gasteiger partial charge in [0.05, 0.1) is 8.30 Å². The van der Waals surface area contributed by atoms with Crippen LogP contribution in [0.5, 0.6) is 0 Å². The minimum absolute atomic E-state index is 0.161. The number of hydrogen-bond donors (Lipinski definition) is 0. The van der Waals surface area contributed by atoms with Crippen LogP contribution in [0.25, 0.3) is 0 Å². The third-order valence-corrected chi connectivity index (χ3v) is 3.14. The van der Waals surface area contributed by atoms with E-state index >= 15 is 0 Å². The van der Waals surface area contributed by atoms with E-state index in [9.17, 15) is 13.6 Å². The van der Waals surface area contributed by atoms with Crippen LogP contribution in [0.15, 0.2) is 45.3 Å². The molecule has 6 heteroatoms. The topological polar surface area (TPSA) is 26.3 Å². The molecule has 0 atom stereocenters. The van der Waals surface area contributed by atoms with Crippen molar-refractivity contribution in [3.05, 3.63) is 68.1 Å². The molecule has 20 heavy (non-hydrogen) atoms. The number of rotatable bonds is 3. The number of carbonyl (C=O) groups is 1. The van der Waals surface area contributed by atoms with E-state index in [1.807, 2.05) is 0 Å². The predicted molar refractivity (Wildman–Crippen MR) is 77.3 cm³/mol. The molecule has 0 saturated heterocycles. The third kappa shape index (κ3) is 4.11. The van der Waals surface area contributed by atoms with Crippen molar-refractivity contribution in [1.29, 1.82) is 0 Å². The van der Waals surface area contributed by atoms with E-state index in [1.165, 1.54) is 12.1 Å². The van der Waals surface area contributed by atoms with Gasteiger partial charge in [0, 0.05) is 8.95 Å². The van der Waals surface area contributed by atoms with E-state index < -0.39 is 24.2 Å². The van der Waals surface area contributed by atoms with Gasteiger partial charge in [-0.1, -0.05) is 31.9 Å². The van der Waals surface area contributed by atoms with Crippen molar-refractivity contribution in [2.75, 3.05) is 0 Å². The average molecular weight is 408 g/mol. The summed E-state index contributed by atoms with van der Waals surface area (Å²) in [6.07, 6.45) is 0. The second kappa shape index (κ2) is 6.45. The lowest BCUT2D eigenvalue weighted by atomic mass is 10.2. The maximum Gasteiger partial charge on any atom is 0.338 e. The van der Waals surface area contributed by atoms with Gasteiger partial charge in [0.25, 0.3) is 0 Å². The van der Waals surface area contributed by atoms with Crippen LogP contribution in [0.2, 0.25) is 0 Å². The summed E-state index contributed by atoms with van der Waals surface area (Å²) in [5, 5.41) is 0. The van der Waals surface area contributed by atoms with E-state index in [0.29, 0.717) is 8.95 Å².